The Morgan fingerprint density at radius 1 is 1.21 bits per heavy atom. The predicted molar refractivity (Wildman–Crippen MR) is 120 cm³/mol. The van der Waals surface area contributed by atoms with E-state index in [-0.39, 0.29) is 5.91 Å². The van der Waals surface area contributed by atoms with Crippen LogP contribution in [0.5, 0.6) is 0 Å². The van der Waals surface area contributed by atoms with Crippen molar-refractivity contribution in [3.8, 4) is 5.69 Å². The first-order chi connectivity index (χ1) is 14.2. The Hall–Kier alpha value is -1.84. The molecule has 0 aliphatic heterocycles. The molecule has 4 rings (SSSR count). The third-order valence-corrected chi connectivity index (χ3v) is 7.71. The lowest BCUT2D eigenvalue weighted by atomic mass is 10.3. The summed E-state index contributed by atoms with van der Waals surface area (Å²) in [5.74, 6) is 2.53. The van der Waals surface area contributed by atoms with Gasteiger partial charge in [-0.25, -0.2) is 4.68 Å². The molecule has 1 N–H and O–H groups in total. The number of rotatable bonds is 10. The number of thioether (sulfide) groups is 2. The van der Waals surface area contributed by atoms with Gasteiger partial charge in [0.1, 0.15) is 5.82 Å². The summed E-state index contributed by atoms with van der Waals surface area (Å²) in [7, 11) is 0. The first-order valence-corrected chi connectivity index (χ1v) is 12.6. The number of hydrogen-bond acceptors (Lipinski definition) is 7. The normalized spacial score (nSPS) is 13.6. The van der Waals surface area contributed by atoms with E-state index in [0.29, 0.717) is 11.7 Å². The largest absolute Gasteiger partial charge is 0.310 e. The quantitative estimate of drug-likeness (QED) is 0.340. The van der Waals surface area contributed by atoms with Crippen molar-refractivity contribution >= 4 is 46.6 Å². The van der Waals surface area contributed by atoms with Crippen LogP contribution in [0.3, 0.4) is 0 Å². The summed E-state index contributed by atoms with van der Waals surface area (Å²) in [6, 6.07) is 11.9. The fourth-order valence-electron chi connectivity index (χ4n) is 2.76. The van der Waals surface area contributed by atoms with E-state index in [4.69, 9.17) is 5.10 Å². The van der Waals surface area contributed by atoms with Gasteiger partial charge in [-0.2, -0.15) is 5.10 Å². The van der Waals surface area contributed by atoms with Crippen LogP contribution in [-0.4, -0.2) is 37.4 Å². The molecule has 29 heavy (non-hydrogen) atoms. The average molecular weight is 446 g/mol. The van der Waals surface area contributed by atoms with Crippen LogP contribution < -0.4 is 5.32 Å². The van der Waals surface area contributed by atoms with Gasteiger partial charge in [-0.3, -0.25) is 4.79 Å². The smallest absolute Gasteiger partial charge is 0.235 e. The molecule has 1 aliphatic rings. The number of hydrogen-bond donors (Lipinski definition) is 1. The molecule has 1 aromatic carbocycles. The Morgan fingerprint density at radius 3 is 2.69 bits per heavy atom. The number of nitrogens with zero attached hydrogens (tertiary/aromatic N) is 4. The number of nitrogens with one attached hydrogen (secondary N) is 1. The van der Waals surface area contributed by atoms with Crippen molar-refractivity contribution in [2.45, 2.75) is 47.2 Å². The lowest BCUT2D eigenvalue weighted by Crippen LogP contribution is -2.16. The summed E-state index contributed by atoms with van der Waals surface area (Å²) in [6.07, 6.45) is 4.69. The lowest BCUT2D eigenvalue weighted by molar-refractivity contribution is -0.113. The van der Waals surface area contributed by atoms with E-state index in [1.807, 2.05) is 41.1 Å². The van der Waals surface area contributed by atoms with Crippen LogP contribution >= 0.6 is 34.9 Å². The molecule has 9 heteroatoms. The maximum Gasteiger partial charge on any atom is 0.235 e. The Morgan fingerprint density at radius 2 is 1.97 bits per heavy atom. The molecular weight excluding hydrogens is 422 g/mol. The molecule has 1 saturated carbocycles. The van der Waals surface area contributed by atoms with Crippen LogP contribution in [0.25, 0.3) is 5.69 Å². The molecule has 0 saturated heterocycles. The molecular formula is C20H23N5OS3. The molecule has 1 aliphatic carbocycles. The Bertz CT molecular complexity index is 952. The summed E-state index contributed by atoms with van der Waals surface area (Å²) < 4.78 is 3.62. The van der Waals surface area contributed by atoms with Crippen LogP contribution in [0.2, 0.25) is 0 Å². The summed E-state index contributed by atoms with van der Waals surface area (Å²) in [5, 5.41) is 16.1. The minimum atomic E-state index is -0.0650. The van der Waals surface area contributed by atoms with E-state index in [1.54, 1.807) is 23.1 Å². The number of anilines is 1. The van der Waals surface area contributed by atoms with E-state index in [1.165, 1.54) is 37.4 Å². The van der Waals surface area contributed by atoms with Crippen molar-refractivity contribution in [2.24, 2.45) is 0 Å². The minimum absolute atomic E-state index is 0.0650. The number of benzene rings is 1. The van der Waals surface area contributed by atoms with Crippen molar-refractivity contribution in [1.29, 1.82) is 0 Å². The van der Waals surface area contributed by atoms with Crippen LogP contribution in [-0.2, 0) is 4.79 Å². The number of aromatic nitrogens is 4. The topological polar surface area (TPSA) is 72.7 Å². The molecule has 0 unspecified atom stereocenters. The highest BCUT2D eigenvalue weighted by Crippen LogP contribution is 2.40. The van der Waals surface area contributed by atoms with Crippen LogP contribution in [0.15, 0.2) is 45.1 Å². The highest BCUT2D eigenvalue weighted by atomic mass is 32.2. The monoisotopic (exact) mass is 445 g/mol. The Kier molecular flexibility index (Phi) is 6.89. The maximum absolute atomic E-state index is 12.6. The molecule has 152 valence electrons. The van der Waals surface area contributed by atoms with Gasteiger partial charge in [0, 0.05) is 17.7 Å². The van der Waals surface area contributed by atoms with E-state index < -0.39 is 0 Å². The maximum atomic E-state index is 12.6. The summed E-state index contributed by atoms with van der Waals surface area (Å²) >= 11 is 4.71. The van der Waals surface area contributed by atoms with Gasteiger partial charge >= 0.3 is 0 Å². The zero-order valence-electron chi connectivity index (χ0n) is 16.2. The molecule has 6 nitrogen and oxygen atoms in total. The molecule has 2 heterocycles. The second kappa shape index (κ2) is 9.77. The molecule has 0 spiro atoms. The van der Waals surface area contributed by atoms with Crippen LogP contribution in [0.1, 0.15) is 44.2 Å². The predicted octanol–water partition coefficient (Wildman–Crippen LogP) is 5.22. The Balaban J connectivity index is 1.37. The number of unbranched alkanes of at least 4 members (excludes halogenated alkanes) is 1. The molecule has 0 bridgehead atoms. The second-order valence-electron chi connectivity index (χ2n) is 6.85. The number of amides is 1. The van der Waals surface area contributed by atoms with E-state index in [0.717, 1.165) is 31.6 Å². The van der Waals surface area contributed by atoms with Crippen LogP contribution in [0.4, 0.5) is 5.82 Å². The summed E-state index contributed by atoms with van der Waals surface area (Å²) in [5.41, 5.74) is 2.00. The summed E-state index contributed by atoms with van der Waals surface area (Å²) in [4.78, 5) is 12.6. The van der Waals surface area contributed by atoms with Crippen molar-refractivity contribution < 1.29 is 4.79 Å². The molecule has 0 atom stereocenters. The molecule has 3 aromatic rings. The van der Waals surface area contributed by atoms with Crippen molar-refractivity contribution in [2.75, 3.05) is 16.8 Å². The SMILES string of the molecule is CCCCSc1nnc(SCC(=O)Nc2cc(C3CC3)nn2-c2ccccc2)s1. The van der Waals surface area contributed by atoms with Gasteiger partial charge in [0.15, 0.2) is 8.68 Å². The van der Waals surface area contributed by atoms with Crippen molar-refractivity contribution in [1.82, 2.24) is 20.0 Å². The fourth-order valence-corrected chi connectivity index (χ4v) is 5.73. The van der Waals surface area contributed by atoms with E-state index in [9.17, 15) is 4.79 Å². The average Bonchev–Trinajstić information content (AvgIpc) is 3.35. The highest BCUT2D eigenvalue weighted by Gasteiger charge is 2.28. The van der Waals surface area contributed by atoms with Gasteiger partial charge in [-0.05, 0) is 31.4 Å². The zero-order valence-corrected chi connectivity index (χ0v) is 18.7. The van der Waals surface area contributed by atoms with Crippen LogP contribution in [0, 0.1) is 0 Å². The van der Waals surface area contributed by atoms with Gasteiger partial charge in [-0.1, -0.05) is 66.4 Å². The van der Waals surface area contributed by atoms with Crippen molar-refractivity contribution in [3.05, 3.63) is 42.1 Å². The third-order valence-electron chi connectivity index (χ3n) is 4.43. The molecule has 1 fully saturated rings. The van der Waals surface area contributed by atoms with Gasteiger partial charge in [0.05, 0.1) is 17.1 Å². The molecule has 2 aromatic heterocycles. The minimum Gasteiger partial charge on any atom is -0.310 e. The zero-order chi connectivity index (χ0) is 20.1. The Labute approximate surface area is 182 Å². The molecule has 0 radical (unpaired) electrons. The third kappa shape index (κ3) is 5.61. The van der Waals surface area contributed by atoms with Gasteiger partial charge < -0.3 is 5.32 Å². The highest BCUT2D eigenvalue weighted by molar-refractivity contribution is 8.03. The van der Waals surface area contributed by atoms with Crippen molar-refractivity contribution in [3.63, 3.8) is 0 Å². The number of carbonyl (C=O) groups excluding carboxylic acids is 1. The lowest BCUT2D eigenvalue weighted by Gasteiger charge is -2.08. The number of carbonyl (C=O) groups is 1. The summed E-state index contributed by atoms with van der Waals surface area (Å²) in [6.45, 7) is 2.18. The fraction of sp³-hybridized carbons (Fsp3) is 0.400. The first-order valence-electron chi connectivity index (χ1n) is 9.77. The van der Waals surface area contributed by atoms with Gasteiger partial charge in [0.2, 0.25) is 5.91 Å². The first kappa shape index (κ1) is 20.4. The van der Waals surface area contributed by atoms with E-state index in [2.05, 4.69) is 22.4 Å². The van der Waals surface area contributed by atoms with Gasteiger partial charge in [-0.15, -0.1) is 10.2 Å². The molecule has 1 amide bonds. The number of para-hydroxylation sites is 1. The van der Waals surface area contributed by atoms with E-state index >= 15 is 0 Å². The standard InChI is InChI=1S/C20H23N5OS3/c1-2-3-11-27-19-22-23-20(29-19)28-13-18(26)21-17-12-16(14-9-10-14)24-25(17)15-7-5-4-6-8-15/h4-8,12,14H,2-3,9-11,13H2,1H3,(H,21,26). The second-order valence-corrected chi connectivity index (χ2v) is 10.4. The van der Waals surface area contributed by atoms with Gasteiger partial charge in [0.25, 0.3) is 0 Å².